The van der Waals surface area contributed by atoms with E-state index in [4.69, 9.17) is 28.9 Å². The molecule has 0 unspecified atom stereocenters. The van der Waals surface area contributed by atoms with Crippen LogP contribution in [0.15, 0.2) is 24.5 Å². The molecule has 2 aromatic rings. The lowest BCUT2D eigenvalue weighted by Gasteiger charge is -2.06. The van der Waals surface area contributed by atoms with Gasteiger partial charge in [0.05, 0.1) is 16.4 Å². The highest BCUT2D eigenvalue weighted by Gasteiger charge is 2.27. The zero-order chi connectivity index (χ0) is 12.0. The number of anilines is 1. The Morgan fingerprint density at radius 1 is 1.29 bits per heavy atom. The van der Waals surface area contributed by atoms with Crippen molar-refractivity contribution in [2.24, 2.45) is 0 Å². The number of hydrogen-bond donors (Lipinski definition) is 1. The normalized spacial score (nSPS) is 15.2. The van der Waals surface area contributed by atoms with Gasteiger partial charge in [0.1, 0.15) is 11.5 Å². The SMILES string of the molecule is Nc1c(-c2cccc(Cl)c2Cl)ncn1C1CC1. The van der Waals surface area contributed by atoms with Gasteiger partial charge in [0.2, 0.25) is 0 Å². The van der Waals surface area contributed by atoms with E-state index in [1.54, 1.807) is 12.4 Å². The molecule has 1 aliphatic carbocycles. The molecular formula is C12H11Cl2N3. The van der Waals surface area contributed by atoms with E-state index in [2.05, 4.69) is 4.98 Å². The van der Waals surface area contributed by atoms with Crippen molar-refractivity contribution in [3.63, 3.8) is 0 Å². The molecule has 0 radical (unpaired) electrons. The molecule has 0 amide bonds. The fourth-order valence-corrected chi connectivity index (χ4v) is 2.30. The summed E-state index contributed by atoms with van der Waals surface area (Å²) < 4.78 is 2.01. The molecule has 17 heavy (non-hydrogen) atoms. The smallest absolute Gasteiger partial charge is 0.131 e. The Hall–Kier alpha value is -1.19. The Kier molecular flexibility index (Phi) is 2.53. The number of aromatic nitrogens is 2. The third-order valence-electron chi connectivity index (χ3n) is 2.98. The van der Waals surface area contributed by atoms with Gasteiger partial charge in [-0.3, -0.25) is 0 Å². The molecule has 1 heterocycles. The van der Waals surface area contributed by atoms with Crippen LogP contribution >= 0.6 is 23.2 Å². The van der Waals surface area contributed by atoms with Gasteiger partial charge in [-0.1, -0.05) is 35.3 Å². The highest BCUT2D eigenvalue weighted by atomic mass is 35.5. The van der Waals surface area contributed by atoms with Crippen molar-refractivity contribution in [3.8, 4) is 11.3 Å². The van der Waals surface area contributed by atoms with E-state index in [9.17, 15) is 0 Å². The van der Waals surface area contributed by atoms with Gasteiger partial charge in [-0.05, 0) is 18.9 Å². The Labute approximate surface area is 109 Å². The van der Waals surface area contributed by atoms with Crippen molar-refractivity contribution in [3.05, 3.63) is 34.6 Å². The summed E-state index contributed by atoms with van der Waals surface area (Å²) >= 11 is 12.2. The largest absolute Gasteiger partial charge is 0.383 e. The molecule has 0 spiro atoms. The predicted molar refractivity (Wildman–Crippen MR) is 70.4 cm³/mol. The van der Waals surface area contributed by atoms with E-state index in [0.29, 0.717) is 27.6 Å². The Morgan fingerprint density at radius 3 is 2.76 bits per heavy atom. The number of halogens is 2. The summed E-state index contributed by atoms with van der Waals surface area (Å²) in [5.41, 5.74) is 7.59. The molecule has 0 atom stereocenters. The highest BCUT2D eigenvalue weighted by Crippen LogP contribution is 2.41. The zero-order valence-corrected chi connectivity index (χ0v) is 10.5. The topological polar surface area (TPSA) is 43.8 Å². The second kappa shape index (κ2) is 3.93. The molecule has 3 rings (SSSR count). The van der Waals surface area contributed by atoms with Crippen molar-refractivity contribution in [2.45, 2.75) is 18.9 Å². The fraction of sp³-hybridized carbons (Fsp3) is 0.250. The summed E-state index contributed by atoms with van der Waals surface area (Å²) in [6.07, 6.45) is 4.12. The minimum Gasteiger partial charge on any atom is -0.383 e. The minimum absolute atomic E-state index is 0.502. The van der Waals surface area contributed by atoms with E-state index in [0.717, 1.165) is 5.56 Å². The molecule has 1 aromatic carbocycles. The monoisotopic (exact) mass is 267 g/mol. The number of nitrogens with two attached hydrogens (primary N) is 1. The first-order valence-electron chi connectivity index (χ1n) is 5.45. The van der Waals surface area contributed by atoms with Gasteiger partial charge in [0, 0.05) is 11.6 Å². The van der Waals surface area contributed by atoms with Crippen LogP contribution in [0.2, 0.25) is 10.0 Å². The first-order valence-corrected chi connectivity index (χ1v) is 6.20. The second-order valence-corrected chi connectivity index (χ2v) is 5.00. The van der Waals surface area contributed by atoms with Crippen molar-refractivity contribution in [2.75, 3.05) is 5.73 Å². The van der Waals surface area contributed by atoms with Crippen LogP contribution in [0.5, 0.6) is 0 Å². The maximum atomic E-state index is 6.17. The maximum absolute atomic E-state index is 6.17. The molecule has 1 saturated carbocycles. The minimum atomic E-state index is 0.502. The molecule has 1 aliphatic rings. The lowest BCUT2D eigenvalue weighted by atomic mass is 10.1. The van der Waals surface area contributed by atoms with E-state index >= 15 is 0 Å². The maximum Gasteiger partial charge on any atom is 0.131 e. The summed E-state index contributed by atoms with van der Waals surface area (Å²) in [5.74, 6) is 0.664. The molecular weight excluding hydrogens is 257 g/mol. The molecule has 1 fully saturated rings. The number of nitrogen functional groups attached to an aromatic ring is 1. The van der Waals surface area contributed by atoms with Gasteiger partial charge in [-0.2, -0.15) is 0 Å². The summed E-state index contributed by atoms with van der Waals surface area (Å²) in [4.78, 5) is 4.34. The number of imidazole rings is 1. The molecule has 88 valence electrons. The average molecular weight is 268 g/mol. The van der Waals surface area contributed by atoms with Gasteiger partial charge in [0.15, 0.2) is 0 Å². The summed E-state index contributed by atoms with van der Waals surface area (Å²) in [7, 11) is 0. The van der Waals surface area contributed by atoms with Crippen LogP contribution in [0.4, 0.5) is 5.82 Å². The molecule has 0 saturated heterocycles. The Bertz CT molecular complexity index is 573. The van der Waals surface area contributed by atoms with E-state index in [1.165, 1.54) is 12.8 Å². The lowest BCUT2D eigenvalue weighted by Crippen LogP contribution is -1.99. The Morgan fingerprint density at radius 2 is 2.06 bits per heavy atom. The van der Waals surface area contributed by atoms with E-state index in [-0.39, 0.29) is 0 Å². The van der Waals surface area contributed by atoms with Gasteiger partial charge in [0.25, 0.3) is 0 Å². The number of nitrogens with zero attached hydrogens (tertiary/aromatic N) is 2. The third kappa shape index (κ3) is 1.79. The standard InChI is InChI=1S/C12H11Cl2N3/c13-9-3-1-2-8(10(9)14)11-12(15)17(6-16-11)7-4-5-7/h1-3,6-7H,4-5,15H2. The lowest BCUT2D eigenvalue weighted by molar-refractivity contribution is 0.751. The number of rotatable bonds is 2. The van der Waals surface area contributed by atoms with Crippen molar-refractivity contribution in [1.29, 1.82) is 0 Å². The number of benzene rings is 1. The van der Waals surface area contributed by atoms with Gasteiger partial charge in [-0.25, -0.2) is 4.98 Å². The second-order valence-electron chi connectivity index (χ2n) is 4.22. The summed E-state index contributed by atoms with van der Waals surface area (Å²) in [5, 5.41) is 1.02. The number of hydrogen-bond acceptors (Lipinski definition) is 2. The fourth-order valence-electron chi connectivity index (χ4n) is 1.91. The molecule has 1 aromatic heterocycles. The third-order valence-corrected chi connectivity index (χ3v) is 3.80. The van der Waals surface area contributed by atoms with E-state index in [1.807, 2.05) is 16.7 Å². The van der Waals surface area contributed by atoms with Gasteiger partial charge < -0.3 is 10.3 Å². The molecule has 0 bridgehead atoms. The van der Waals surface area contributed by atoms with Crippen LogP contribution in [0.25, 0.3) is 11.3 Å². The van der Waals surface area contributed by atoms with Crippen LogP contribution in [0.1, 0.15) is 18.9 Å². The van der Waals surface area contributed by atoms with Crippen LogP contribution in [-0.4, -0.2) is 9.55 Å². The summed E-state index contributed by atoms with van der Waals surface area (Å²) in [6.45, 7) is 0. The first kappa shape index (κ1) is 10.9. The molecule has 3 nitrogen and oxygen atoms in total. The van der Waals surface area contributed by atoms with Crippen LogP contribution in [-0.2, 0) is 0 Å². The van der Waals surface area contributed by atoms with Gasteiger partial charge >= 0.3 is 0 Å². The van der Waals surface area contributed by atoms with Crippen LogP contribution in [0, 0.1) is 0 Å². The molecule has 2 N–H and O–H groups in total. The predicted octanol–water partition coefficient (Wildman–Crippen LogP) is 3.77. The van der Waals surface area contributed by atoms with Crippen molar-refractivity contribution >= 4 is 29.0 Å². The van der Waals surface area contributed by atoms with Gasteiger partial charge in [-0.15, -0.1) is 0 Å². The Balaban J connectivity index is 2.12. The van der Waals surface area contributed by atoms with Crippen LogP contribution < -0.4 is 5.73 Å². The average Bonchev–Trinajstić information content (AvgIpc) is 3.08. The van der Waals surface area contributed by atoms with E-state index < -0.39 is 0 Å². The zero-order valence-electron chi connectivity index (χ0n) is 9.03. The highest BCUT2D eigenvalue weighted by molar-refractivity contribution is 6.43. The van der Waals surface area contributed by atoms with Crippen LogP contribution in [0.3, 0.4) is 0 Å². The summed E-state index contributed by atoms with van der Waals surface area (Å²) in [6, 6.07) is 5.99. The quantitative estimate of drug-likeness (QED) is 0.900. The van der Waals surface area contributed by atoms with Crippen molar-refractivity contribution in [1.82, 2.24) is 9.55 Å². The first-order chi connectivity index (χ1) is 8.18. The molecule has 5 heteroatoms. The molecule has 0 aliphatic heterocycles. The van der Waals surface area contributed by atoms with Crippen molar-refractivity contribution < 1.29 is 0 Å².